The maximum atomic E-state index is 6.18. The number of rotatable bonds is 5. The molecule has 3 heteroatoms. The van der Waals surface area contributed by atoms with Gasteiger partial charge in [-0.25, -0.2) is 0 Å². The lowest BCUT2D eigenvalue weighted by Gasteiger charge is -2.15. The molecule has 2 aromatic carbocycles. The summed E-state index contributed by atoms with van der Waals surface area (Å²) in [4.78, 5) is 0. The van der Waals surface area contributed by atoms with Gasteiger partial charge in [0.15, 0.2) is 0 Å². The van der Waals surface area contributed by atoms with E-state index >= 15 is 0 Å². The van der Waals surface area contributed by atoms with Crippen LogP contribution >= 0.6 is 11.6 Å². The van der Waals surface area contributed by atoms with Crippen molar-refractivity contribution < 1.29 is 4.74 Å². The highest BCUT2D eigenvalue weighted by Crippen LogP contribution is 2.22. The van der Waals surface area contributed by atoms with Gasteiger partial charge in [-0.15, -0.1) is 0 Å². The average Bonchev–Trinajstić information content (AvgIpc) is 2.46. The van der Waals surface area contributed by atoms with Gasteiger partial charge in [-0.3, -0.25) is 0 Å². The Morgan fingerprint density at radius 3 is 2.42 bits per heavy atom. The summed E-state index contributed by atoms with van der Waals surface area (Å²) >= 11 is 6.18. The van der Waals surface area contributed by atoms with E-state index in [4.69, 9.17) is 16.3 Å². The molecule has 1 atom stereocenters. The van der Waals surface area contributed by atoms with Crippen molar-refractivity contribution in [2.45, 2.75) is 19.5 Å². The summed E-state index contributed by atoms with van der Waals surface area (Å²) in [6, 6.07) is 16.2. The van der Waals surface area contributed by atoms with Crippen LogP contribution in [0.5, 0.6) is 5.75 Å². The van der Waals surface area contributed by atoms with E-state index < -0.39 is 0 Å². The van der Waals surface area contributed by atoms with Gasteiger partial charge >= 0.3 is 0 Å². The minimum atomic E-state index is 0.218. The molecule has 0 aliphatic rings. The van der Waals surface area contributed by atoms with E-state index in [0.717, 1.165) is 22.9 Å². The predicted octanol–water partition coefficient (Wildman–Crippen LogP) is 4.20. The van der Waals surface area contributed by atoms with Crippen molar-refractivity contribution in [3.8, 4) is 5.75 Å². The van der Waals surface area contributed by atoms with Gasteiger partial charge in [-0.1, -0.05) is 41.9 Å². The quantitative estimate of drug-likeness (QED) is 0.883. The van der Waals surface area contributed by atoms with E-state index in [9.17, 15) is 0 Å². The van der Waals surface area contributed by atoms with Gasteiger partial charge in [0.25, 0.3) is 0 Å². The first-order chi connectivity index (χ1) is 9.20. The molecule has 2 rings (SSSR count). The number of halogens is 1. The van der Waals surface area contributed by atoms with Gasteiger partial charge in [-0.2, -0.15) is 0 Å². The first-order valence-electron chi connectivity index (χ1n) is 6.31. The molecule has 0 aromatic heterocycles. The third-order valence-corrected chi connectivity index (χ3v) is 3.49. The molecular weight excluding hydrogens is 258 g/mol. The average molecular weight is 276 g/mol. The Bertz CT molecular complexity index is 525. The lowest BCUT2D eigenvalue weighted by atomic mass is 10.1. The first-order valence-corrected chi connectivity index (χ1v) is 6.69. The second-order valence-corrected chi connectivity index (χ2v) is 4.88. The second kappa shape index (κ2) is 6.60. The van der Waals surface area contributed by atoms with Crippen LogP contribution in [-0.4, -0.2) is 7.11 Å². The van der Waals surface area contributed by atoms with Crippen LogP contribution in [-0.2, 0) is 6.54 Å². The van der Waals surface area contributed by atoms with Gasteiger partial charge in [0.05, 0.1) is 7.11 Å². The molecule has 1 unspecified atom stereocenters. The van der Waals surface area contributed by atoms with Gasteiger partial charge in [-0.05, 0) is 36.2 Å². The highest BCUT2D eigenvalue weighted by Gasteiger charge is 2.08. The molecule has 0 amide bonds. The highest BCUT2D eigenvalue weighted by molar-refractivity contribution is 6.31. The van der Waals surface area contributed by atoms with E-state index in [1.54, 1.807) is 7.11 Å². The standard InChI is InChI=1S/C16H18ClNO/c1-12(15-5-3-4-6-16(15)17)18-11-13-7-9-14(19-2)10-8-13/h3-10,12,18H,11H2,1-2H3. The normalized spacial score (nSPS) is 12.2. The van der Waals surface area contributed by atoms with Crippen LogP contribution in [0.3, 0.4) is 0 Å². The van der Waals surface area contributed by atoms with Gasteiger partial charge < -0.3 is 10.1 Å². The minimum Gasteiger partial charge on any atom is -0.497 e. The van der Waals surface area contributed by atoms with Crippen LogP contribution in [0.15, 0.2) is 48.5 Å². The molecule has 0 aliphatic heterocycles. The highest BCUT2D eigenvalue weighted by atomic mass is 35.5. The predicted molar refractivity (Wildman–Crippen MR) is 79.7 cm³/mol. The number of hydrogen-bond donors (Lipinski definition) is 1. The molecule has 2 nitrogen and oxygen atoms in total. The van der Waals surface area contributed by atoms with Crippen LogP contribution in [0, 0.1) is 0 Å². The molecule has 100 valence electrons. The third kappa shape index (κ3) is 3.72. The van der Waals surface area contributed by atoms with Crippen molar-refractivity contribution in [3.63, 3.8) is 0 Å². The van der Waals surface area contributed by atoms with Crippen molar-refractivity contribution in [2.75, 3.05) is 7.11 Å². The molecule has 19 heavy (non-hydrogen) atoms. The summed E-state index contributed by atoms with van der Waals surface area (Å²) in [7, 11) is 1.67. The second-order valence-electron chi connectivity index (χ2n) is 4.47. The summed E-state index contributed by atoms with van der Waals surface area (Å²) in [6.07, 6.45) is 0. The summed E-state index contributed by atoms with van der Waals surface area (Å²) in [5.41, 5.74) is 2.34. The van der Waals surface area contributed by atoms with E-state index in [1.165, 1.54) is 5.56 Å². The first kappa shape index (κ1) is 13.9. The van der Waals surface area contributed by atoms with E-state index in [-0.39, 0.29) is 6.04 Å². The van der Waals surface area contributed by atoms with Crippen LogP contribution in [0.2, 0.25) is 5.02 Å². The maximum Gasteiger partial charge on any atom is 0.118 e. The number of ether oxygens (including phenoxy) is 1. The van der Waals surface area contributed by atoms with E-state index in [2.05, 4.69) is 24.4 Å². The zero-order chi connectivity index (χ0) is 13.7. The molecule has 2 aromatic rings. The molecule has 0 radical (unpaired) electrons. The zero-order valence-corrected chi connectivity index (χ0v) is 11.9. The summed E-state index contributed by atoms with van der Waals surface area (Å²) in [5.74, 6) is 0.878. The maximum absolute atomic E-state index is 6.18. The van der Waals surface area contributed by atoms with Crippen molar-refractivity contribution in [3.05, 3.63) is 64.7 Å². The molecule has 0 fully saturated rings. The molecule has 0 bridgehead atoms. The number of hydrogen-bond acceptors (Lipinski definition) is 2. The Balaban J connectivity index is 1.96. The number of benzene rings is 2. The zero-order valence-electron chi connectivity index (χ0n) is 11.2. The Kier molecular flexibility index (Phi) is 4.83. The Morgan fingerprint density at radius 1 is 1.11 bits per heavy atom. The van der Waals surface area contributed by atoms with Crippen molar-refractivity contribution >= 4 is 11.6 Å². The molecule has 0 saturated heterocycles. The van der Waals surface area contributed by atoms with E-state index in [0.29, 0.717) is 0 Å². The van der Waals surface area contributed by atoms with E-state index in [1.807, 2.05) is 36.4 Å². The summed E-state index contributed by atoms with van der Waals surface area (Å²) in [6.45, 7) is 2.92. The smallest absolute Gasteiger partial charge is 0.118 e. The molecule has 0 heterocycles. The molecule has 0 aliphatic carbocycles. The van der Waals surface area contributed by atoms with Crippen LogP contribution in [0.1, 0.15) is 24.1 Å². The van der Waals surface area contributed by atoms with Gasteiger partial charge in [0.2, 0.25) is 0 Å². The van der Waals surface area contributed by atoms with Crippen molar-refractivity contribution in [1.29, 1.82) is 0 Å². The molecule has 0 saturated carbocycles. The summed E-state index contributed by atoms with van der Waals surface area (Å²) in [5, 5.41) is 4.27. The van der Waals surface area contributed by atoms with Gasteiger partial charge in [0.1, 0.15) is 5.75 Å². The lowest BCUT2D eigenvalue weighted by Crippen LogP contribution is -2.18. The SMILES string of the molecule is COc1ccc(CNC(C)c2ccccc2Cl)cc1. The van der Waals surface area contributed by atoms with Crippen molar-refractivity contribution in [1.82, 2.24) is 5.32 Å². The van der Waals surface area contributed by atoms with Gasteiger partial charge in [0, 0.05) is 17.6 Å². The monoisotopic (exact) mass is 275 g/mol. The van der Waals surface area contributed by atoms with Crippen LogP contribution in [0.4, 0.5) is 0 Å². The molecule has 1 N–H and O–H groups in total. The Labute approximate surface area is 119 Å². The third-order valence-electron chi connectivity index (χ3n) is 3.14. The van der Waals surface area contributed by atoms with Crippen LogP contribution < -0.4 is 10.1 Å². The summed E-state index contributed by atoms with van der Waals surface area (Å²) < 4.78 is 5.14. The Hall–Kier alpha value is -1.51. The fourth-order valence-electron chi connectivity index (χ4n) is 1.95. The molecule has 0 spiro atoms. The Morgan fingerprint density at radius 2 is 1.79 bits per heavy atom. The number of nitrogens with one attached hydrogen (secondary N) is 1. The fraction of sp³-hybridized carbons (Fsp3) is 0.250. The fourth-order valence-corrected chi connectivity index (χ4v) is 2.25. The van der Waals surface area contributed by atoms with Crippen molar-refractivity contribution in [2.24, 2.45) is 0 Å². The lowest BCUT2D eigenvalue weighted by molar-refractivity contribution is 0.414. The van der Waals surface area contributed by atoms with Crippen LogP contribution in [0.25, 0.3) is 0 Å². The topological polar surface area (TPSA) is 21.3 Å². The minimum absolute atomic E-state index is 0.218. The largest absolute Gasteiger partial charge is 0.497 e. The number of methoxy groups -OCH3 is 1. The molecular formula is C16H18ClNO.